The zero-order chi connectivity index (χ0) is 13.4. The van der Waals surface area contributed by atoms with E-state index in [1.54, 1.807) is 0 Å². The number of hydrogen-bond acceptors (Lipinski definition) is 5. The fourth-order valence-electron chi connectivity index (χ4n) is 1.15. The molecule has 0 radical (unpaired) electrons. The summed E-state index contributed by atoms with van der Waals surface area (Å²) in [6.07, 6.45) is 1.90. The Morgan fingerprint density at radius 2 is 2.22 bits per heavy atom. The van der Waals surface area contributed by atoms with Gasteiger partial charge in [0.1, 0.15) is 0 Å². The number of pyridine rings is 1. The van der Waals surface area contributed by atoms with Gasteiger partial charge in [0.15, 0.2) is 5.82 Å². The third-order valence-electron chi connectivity index (χ3n) is 1.96. The van der Waals surface area contributed by atoms with Gasteiger partial charge in [-0.3, -0.25) is 0 Å². The average Bonchev–Trinajstić information content (AvgIpc) is 2.34. The van der Waals surface area contributed by atoms with Crippen molar-refractivity contribution in [1.82, 2.24) is 9.71 Å². The Labute approximate surface area is 110 Å². The van der Waals surface area contributed by atoms with Crippen LogP contribution in [0.2, 0.25) is 0 Å². The third-order valence-corrected chi connectivity index (χ3v) is 4.43. The SMILES string of the molecule is O=S(=O)(NCCSCCCO)c1ncccc1F. The molecule has 8 heteroatoms. The van der Waals surface area contributed by atoms with Gasteiger partial charge in [-0.25, -0.2) is 22.5 Å². The first-order valence-electron chi connectivity index (χ1n) is 5.36. The molecular formula is C10H15FN2O3S2. The first kappa shape index (κ1) is 15.4. The summed E-state index contributed by atoms with van der Waals surface area (Å²) in [5.41, 5.74) is 0. The lowest BCUT2D eigenvalue weighted by Crippen LogP contribution is -2.27. The molecule has 0 aromatic carbocycles. The van der Waals surface area contributed by atoms with Crippen molar-refractivity contribution < 1.29 is 17.9 Å². The number of nitrogens with zero attached hydrogens (tertiary/aromatic N) is 1. The van der Waals surface area contributed by atoms with Crippen LogP contribution in [0.1, 0.15) is 6.42 Å². The van der Waals surface area contributed by atoms with Crippen molar-refractivity contribution in [3.8, 4) is 0 Å². The number of hydrogen-bond donors (Lipinski definition) is 2. The van der Waals surface area contributed by atoms with Gasteiger partial charge in [-0.1, -0.05) is 0 Å². The van der Waals surface area contributed by atoms with Crippen LogP contribution in [0, 0.1) is 5.82 Å². The number of aliphatic hydroxyl groups excluding tert-OH is 1. The number of nitrogens with one attached hydrogen (secondary N) is 1. The second-order valence-corrected chi connectivity index (χ2v) is 6.28. The van der Waals surface area contributed by atoms with E-state index in [-0.39, 0.29) is 13.2 Å². The Kier molecular flexibility index (Phi) is 6.55. The maximum absolute atomic E-state index is 13.2. The van der Waals surface area contributed by atoms with Crippen molar-refractivity contribution in [2.75, 3.05) is 24.7 Å². The van der Waals surface area contributed by atoms with Crippen LogP contribution in [0.15, 0.2) is 23.4 Å². The highest BCUT2D eigenvalue weighted by Crippen LogP contribution is 2.09. The standard InChI is InChI=1S/C10H15FN2O3S2/c11-9-3-1-4-12-10(9)18(15,16)13-5-8-17-7-2-6-14/h1,3-4,13-14H,2,5-8H2. The van der Waals surface area contributed by atoms with Crippen LogP contribution in [-0.4, -0.2) is 43.2 Å². The fraction of sp³-hybridized carbons (Fsp3) is 0.500. The molecule has 0 fully saturated rings. The molecule has 0 aliphatic heterocycles. The summed E-state index contributed by atoms with van der Waals surface area (Å²) in [6, 6.07) is 2.39. The summed E-state index contributed by atoms with van der Waals surface area (Å²) in [7, 11) is -3.88. The molecule has 0 unspecified atom stereocenters. The van der Waals surface area contributed by atoms with E-state index >= 15 is 0 Å². The summed E-state index contributed by atoms with van der Waals surface area (Å²) >= 11 is 1.52. The van der Waals surface area contributed by atoms with Crippen molar-refractivity contribution in [3.63, 3.8) is 0 Å². The smallest absolute Gasteiger partial charge is 0.261 e. The van der Waals surface area contributed by atoms with Crippen molar-refractivity contribution in [3.05, 3.63) is 24.1 Å². The summed E-state index contributed by atoms with van der Waals surface area (Å²) in [5.74, 6) is 0.460. The minimum atomic E-state index is -3.88. The summed E-state index contributed by atoms with van der Waals surface area (Å²) in [6.45, 7) is 0.326. The van der Waals surface area contributed by atoms with E-state index in [1.807, 2.05) is 0 Å². The van der Waals surface area contributed by atoms with E-state index in [0.717, 1.165) is 11.8 Å². The van der Waals surface area contributed by atoms with E-state index in [1.165, 1.54) is 24.0 Å². The quantitative estimate of drug-likeness (QED) is 0.687. The van der Waals surface area contributed by atoms with E-state index in [9.17, 15) is 12.8 Å². The Hall–Kier alpha value is -0.700. The fourth-order valence-corrected chi connectivity index (χ4v) is 3.10. The molecule has 1 aromatic rings. The summed E-state index contributed by atoms with van der Waals surface area (Å²) in [5, 5.41) is 7.98. The normalized spacial score (nSPS) is 11.7. The molecule has 102 valence electrons. The molecule has 0 atom stereocenters. The highest BCUT2D eigenvalue weighted by Gasteiger charge is 2.19. The Bertz CT molecular complexity index is 468. The number of aromatic nitrogens is 1. The molecule has 18 heavy (non-hydrogen) atoms. The summed E-state index contributed by atoms with van der Waals surface area (Å²) < 4.78 is 38.9. The lowest BCUT2D eigenvalue weighted by Gasteiger charge is -2.06. The van der Waals surface area contributed by atoms with Crippen LogP contribution in [0.3, 0.4) is 0 Å². The van der Waals surface area contributed by atoms with Crippen LogP contribution in [0.25, 0.3) is 0 Å². The predicted octanol–water partition coefficient (Wildman–Crippen LogP) is 0.615. The molecule has 0 saturated heterocycles. The maximum Gasteiger partial charge on any atom is 0.261 e. The zero-order valence-corrected chi connectivity index (χ0v) is 11.3. The van der Waals surface area contributed by atoms with Crippen LogP contribution < -0.4 is 4.72 Å². The summed E-state index contributed by atoms with van der Waals surface area (Å²) in [4.78, 5) is 3.51. The number of halogens is 1. The molecule has 0 saturated carbocycles. The largest absolute Gasteiger partial charge is 0.396 e. The first-order valence-corrected chi connectivity index (χ1v) is 8.00. The van der Waals surface area contributed by atoms with Gasteiger partial charge in [-0.2, -0.15) is 11.8 Å². The number of aliphatic hydroxyl groups is 1. The molecule has 0 aliphatic rings. The highest BCUT2D eigenvalue weighted by molar-refractivity contribution is 7.99. The van der Waals surface area contributed by atoms with Gasteiger partial charge < -0.3 is 5.11 Å². The first-order chi connectivity index (χ1) is 8.58. The Morgan fingerprint density at radius 3 is 2.89 bits per heavy atom. The van der Waals surface area contributed by atoms with Gasteiger partial charge in [0.2, 0.25) is 5.03 Å². The second-order valence-electron chi connectivity index (χ2n) is 3.38. The molecular weight excluding hydrogens is 279 g/mol. The van der Waals surface area contributed by atoms with Crippen LogP contribution in [0.4, 0.5) is 4.39 Å². The minimum absolute atomic E-state index is 0.123. The van der Waals surface area contributed by atoms with E-state index in [0.29, 0.717) is 12.2 Å². The van der Waals surface area contributed by atoms with Crippen molar-refractivity contribution in [2.24, 2.45) is 0 Å². The molecule has 0 bridgehead atoms. The molecule has 5 nitrogen and oxygen atoms in total. The number of sulfonamides is 1. The lowest BCUT2D eigenvalue weighted by atomic mass is 10.5. The average molecular weight is 294 g/mol. The third kappa shape index (κ3) is 4.89. The Morgan fingerprint density at radius 1 is 1.44 bits per heavy atom. The molecule has 0 spiro atoms. The van der Waals surface area contributed by atoms with Gasteiger partial charge in [-0.05, 0) is 24.3 Å². The second kappa shape index (κ2) is 7.67. The number of thioether (sulfide) groups is 1. The van der Waals surface area contributed by atoms with E-state index in [4.69, 9.17) is 5.11 Å². The van der Waals surface area contributed by atoms with Crippen LogP contribution in [0.5, 0.6) is 0 Å². The topological polar surface area (TPSA) is 79.3 Å². The molecule has 1 heterocycles. The van der Waals surface area contributed by atoms with Crippen molar-refractivity contribution in [1.29, 1.82) is 0 Å². The zero-order valence-electron chi connectivity index (χ0n) is 9.67. The Balaban J connectivity index is 2.44. The van der Waals surface area contributed by atoms with E-state index < -0.39 is 20.9 Å². The molecule has 1 rings (SSSR count). The van der Waals surface area contributed by atoms with Crippen LogP contribution in [-0.2, 0) is 10.0 Å². The minimum Gasteiger partial charge on any atom is -0.396 e. The molecule has 0 aliphatic carbocycles. The number of rotatable bonds is 8. The molecule has 1 aromatic heterocycles. The van der Waals surface area contributed by atoms with Gasteiger partial charge in [0.05, 0.1) is 0 Å². The monoisotopic (exact) mass is 294 g/mol. The highest BCUT2D eigenvalue weighted by atomic mass is 32.2. The maximum atomic E-state index is 13.2. The van der Waals surface area contributed by atoms with Crippen molar-refractivity contribution >= 4 is 21.8 Å². The van der Waals surface area contributed by atoms with E-state index in [2.05, 4.69) is 9.71 Å². The van der Waals surface area contributed by atoms with Gasteiger partial charge in [0, 0.05) is 25.1 Å². The van der Waals surface area contributed by atoms with Crippen LogP contribution >= 0.6 is 11.8 Å². The molecule has 0 amide bonds. The predicted molar refractivity (Wildman–Crippen MR) is 68.4 cm³/mol. The van der Waals surface area contributed by atoms with Gasteiger partial charge in [0.25, 0.3) is 10.0 Å². The van der Waals surface area contributed by atoms with Crippen molar-refractivity contribution in [2.45, 2.75) is 11.4 Å². The van der Waals surface area contributed by atoms with Gasteiger partial charge in [-0.15, -0.1) is 0 Å². The lowest BCUT2D eigenvalue weighted by molar-refractivity contribution is 0.296. The van der Waals surface area contributed by atoms with Gasteiger partial charge >= 0.3 is 0 Å². The molecule has 2 N–H and O–H groups in total.